The number of hydrogen-bond donors (Lipinski definition) is 1. The van der Waals surface area contributed by atoms with Crippen LogP contribution in [0.25, 0.3) is 0 Å². The molecule has 1 fully saturated rings. The summed E-state index contributed by atoms with van der Waals surface area (Å²) in [6.45, 7) is 4.75. The van der Waals surface area contributed by atoms with E-state index in [-0.39, 0.29) is 17.6 Å². The molecule has 1 N–H and O–H groups in total. The molecule has 3 rings (SSSR count). The Hall–Kier alpha value is -2.35. The van der Waals surface area contributed by atoms with Gasteiger partial charge in [-0.15, -0.1) is 0 Å². The number of nitrogens with zero attached hydrogens (tertiary/aromatic N) is 3. The van der Waals surface area contributed by atoms with Gasteiger partial charge in [-0.25, -0.2) is 0 Å². The third-order valence-corrected chi connectivity index (χ3v) is 5.23. The van der Waals surface area contributed by atoms with Crippen molar-refractivity contribution >= 4 is 46.2 Å². The lowest BCUT2D eigenvalue weighted by molar-refractivity contribution is -0.384. The van der Waals surface area contributed by atoms with Gasteiger partial charge in [0.05, 0.1) is 11.0 Å². The Labute approximate surface area is 173 Å². The van der Waals surface area contributed by atoms with Crippen molar-refractivity contribution in [1.29, 1.82) is 0 Å². The van der Waals surface area contributed by atoms with Gasteiger partial charge in [0.2, 0.25) is 5.91 Å². The fourth-order valence-electron chi connectivity index (χ4n) is 3.19. The maximum atomic E-state index is 12.6. The standard InChI is InChI=1S/C19H20Cl2N4O3/c1-13(19(26)22-16-11-14(20)10-15(21)12-16)23-6-8-24(9-7-23)17-2-4-18(5-3-17)25(27)28/h2-5,10-13H,6-9H2,1H3,(H,22,26). The molecule has 1 heterocycles. The molecule has 7 nitrogen and oxygen atoms in total. The molecule has 28 heavy (non-hydrogen) atoms. The van der Waals surface area contributed by atoms with Crippen LogP contribution in [0.4, 0.5) is 17.1 Å². The SMILES string of the molecule is CC(C(=O)Nc1cc(Cl)cc(Cl)c1)N1CCN(c2ccc([N+](=O)[O-])cc2)CC1. The van der Waals surface area contributed by atoms with E-state index in [0.29, 0.717) is 28.8 Å². The molecule has 0 radical (unpaired) electrons. The van der Waals surface area contributed by atoms with Crippen LogP contribution in [0.15, 0.2) is 42.5 Å². The second kappa shape index (κ2) is 8.77. The third kappa shape index (κ3) is 4.92. The Balaban J connectivity index is 1.56. The van der Waals surface area contributed by atoms with Crippen LogP contribution in [0.5, 0.6) is 0 Å². The zero-order valence-corrected chi connectivity index (χ0v) is 16.8. The van der Waals surface area contributed by atoms with E-state index in [0.717, 1.165) is 18.8 Å². The van der Waals surface area contributed by atoms with E-state index >= 15 is 0 Å². The zero-order valence-electron chi connectivity index (χ0n) is 15.3. The van der Waals surface area contributed by atoms with E-state index in [9.17, 15) is 14.9 Å². The van der Waals surface area contributed by atoms with E-state index in [4.69, 9.17) is 23.2 Å². The molecule has 0 saturated carbocycles. The number of nitro benzene ring substituents is 1. The summed E-state index contributed by atoms with van der Waals surface area (Å²) in [7, 11) is 0. The molecule has 2 aromatic rings. The van der Waals surface area contributed by atoms with Crippen molar-refractivity contribution in [3.63, 3.8) is 0 Å². The molecule has 0 aliphatic carbocycles. The number of amides is 1. The van der Waals surface area contributed by atoms with Crippen molar-refractivity contribution in [3.8, 4) is 0 Å². The lowest BCUT2D eigenvalue weighted by atomic mass is 10.2. The van der Waals surface area contributed by atoms with Gasteiger partial charge >= 0.3 is 0 Å². The van der Waals surface area contributed by atoms with Crippen molar-refractivity contribution in [2.45, 2.75) is 13.0 Å². The Morgan fingerprint density at radius 1 is 1.07 bits per heavy atom. The maximum absolute atomic E-state index is 12.6. The summed E-state index contributed by atoms with van der Waals surface area (Å²) in [4.78, 5) is 27.2. The monoisotopic (exact) mass is 422 g/mol. The summed E-state index contributed by atoms with van der Waals surface area (Å²) in [6.07, 6.45) is 0. The van der Waals surface area contributed by atoms with Crippen LogP contribution in [0.2, 0.25) is 10.0 Å². The van der Waals surface area contributed by atoms with E-state index < -0.39 is 4.92 Å². The molecule has 0 bridgehead atoms. The summed E-state index contributed by atoms with van der Waals surface area (Å²) < 4.78 is 0. The van der Waals surface area contributed by atoms with Crippen LogP contribution in [-0.4, -0.2) is 48.0 Å². The lowest BCUT2D eigenvalue weighted by Gasteiger charge is -2.38. The summed E-state index contributed by atoms with van der Waals surface area (Å²) in [6, 6.07) is 11.1. The molecule has 0 aromatic heterocycles. The molecule has 148 valence electrons. The molecule has 2 aromatic carbocycles. The third-order valence-electron chi connectivity index (χ3n) is 4.80. The van der Waals surface area contributed by atoms with Crippen molar-refractivity contribution in [3.05, 3.63) is 62.6 Å². The minimum absolute atomic E-state index is 0.0776. The second-order valence-electron chi connectivity index (χ2n) is 6.62. The van der Waals surface area contributed by atoms with Gasteiger partial charge in [-0.1, -0.05) is 23.2 Å². The van der Waals surface area contributed by atoms with E-state index in [1.165, 1.54) is 12.1 Å². The fraction of sp³-hybridized carbons (Fsp3) is 0.316. The minimum Gasteiger partial charge on any atom is -0.369 e. The number of carbonyl (C=O) groups excluding carboxylic acids is 1. The van der Waals surface area contributed by atoms with Crippen LogP contribution >= 0.6 is 23.2 Å². The highest BCUT2D eigenvalue weighted by molar-refractivity contribution is 6.35. The number of halogens is 2. The minimum atomic E-state index is -0.408. The van der Waals surface area contributed by atoms with E-state index in [1.807, 2.05) is 6.92 Å². The number of carbonyl (C=O) groups is 1. The number of anilines is 2. The molecular formula is C19H20Cl2N4O3. The molecule has 0 spiro atoms. The van der Waals surface area contributed by atoms with E-state index in [2.05, 4.69) is 15.1 Å². The van der Waals surface area contributed by atoms with Crippen LogP contribution in [0, 0.1) is 10.1 Å². The van der Waals surface area contributed by atoms with Crippen molar-refractivity contribution < 1.29 is 9.72 Å². The van der Waals surface area contributed by atoms with Crippen LogP contribution in [0.3, 0.4) is 0 Å². The fourth-order valence-corrected chi connectivity index (χ4v) is 3.72. The molecule has 1 saturated heterocycles. The topological polar surface area (TPSA) is 78.7 Å². The quantitative estimate of drug-likeness (QED) is 0.580. The Morgan fingerprint density at radius 3 is 2.18 bits per heavy atom. The first-order valence-corrected chi connectivity index (χ1v) is 9.59. The number of non-ortho nitro benzene ring substituents is 1. The molecular weight excluding hydrogens is 403 g/mol. The first-order valence-electron chi connectivity index (χ1n) is 8.84. The zero-order chi connectivity index (χ0) is 20.3. The Bertz CT molecular complexity index is 848. The first kappa shape index (κ1) is 20.4. The average Bonchev–Trinajstić information content (AvgIpc) is 2.66. The Morgan fingerprint density at radius 2 is 1.64 bits per heavy atom. The molecule has 1 unspecified atom stereocenters. The van der Waals surface area contributed by atoms with Crippen molar-refractivity contribution in [2.75, 3.05) is 36.4 Å². The number of piperazine rings is 1. The van der Waals surface area contributed by atoms with Gasteiger partial charge in [-0.2, -0.15) is 0 Å². The van der Waals surface area contributed by atoms with Gasteiger partial charge < -0.3 is 10.2 Å². The van der Waals surface area contributed by atoms with Crippen molar-refractivity contribution in [1.82, 2.24) is 4.90 Å². The maximum Gasteiger partial charge on any atom is 0.269 e. The molecule has 9 heteroatoms. The van der Waals surface area contributed by atoms with Crippen LogP contribution in [-0.2, 0) is 4.79 Å². The normalized spacial score (nSPS) is 15.9. The van der Waals surface area contributed by atoms with Gasteiger partial charge in [-0.05, 0) is 37.3 Å². The number of nitrogens with one attached hydrogen (secondary N) is 1. The van der Waals surface area contributed by atoms with Crippen LogP contribution < -0.4 is 10.2 Å². The number of rotatable bonds is 5. The second-order valence-corrected chi connectivity index (χ2v) is 7.49. The van der Waals surface area contributed by atoms with Gasteiger partial charge in [0.1, 0.15) is 0 Å². The van der Waals surface area contributed by atoms with Crippen LogP contribution in [0.1, 0.15) is 6.92 Å². The van der Waals surface area contributed by atoms with Crippen molar-refractivity contribution in [2.24, 2.45) is 0 Å². The Kier molecular flexibility index (Phi) is 6.39. The summed E-state index contributed by atoms with van der Waals surface area (Å²) >= 11 is 11.9. The predicted octanol–water partition coefficient (Wildman–Crippen LogP) is 4.05. The van der Waals surface area contributed by atoms with Gasteiger partial charge in [0.25, 0.3) is 5.69 Å². The van der Waals surface area contributed by atoms with Gasteiger partial charge in [0, 0.05) is 59.7 Å². The summed E-state index contributed by atoms with van der Waals surface area (Å²) in [5, 5.41) is 14.6. The largest absolute Gasteiger partial charge is 0.369 e. The number of nitro groups is 1. The highest BCUT2D eigenvalue weighted by Crippen LogP contribution is 2.24. The predicted molar refractivity (Wildman–Crippen MR) is 111 cm³/mol. The lowest BCUT2D eigenvalue weighted by Crippen LogP contribution is -2.52. The van der Waals surface area contributed by atoms with E-state index in [1.54, 1.807) is 30.3 Å². The molecule has 1 aliphatic rings. The summed E-state index contributed by atoms with van der Waals surface area (Å²) in [5.41, 5.74) is 1.59. The molecule has 1 amide bonds. The molecule has 1 aliphatic heterocycles. The highest BCUT2D eigenvalue weighted by atomic mass is 35.5. The number of hydrogen-bond acceptors (Lipinski definition) is 5. The van der Waals surface area contributed by atoms with Gasteiger partial charge in [0.15, 0.2) is 0 Å². The first-order chi connectivity index (χ1) is 13.3. The highest BCUT2D eigenvalue weighted by Gasteiger charge is 2.26. The summed E-state index contributed by atoms with van der Waals surface area (Å²) in [5.74, 6) is -0.123. The smallest absolute Gasteiger partial charge is 0.269 e. The number of benzene rings is 2. The molecule has 1 atom stereocenters. The average molecular weight is 423 g/mol. The van der Waals surface area contributed by atoms with Gasteiger partial charge in [-0.3, -0.25) is 19.8 Å².